The molecular formula is C13H21Cl3F3NO2Si. The number of amides is 1. The zero-order chi connectivity index (χ0) is 18.7. The molecule has 0 aliphatic heterocycles. The number of rotatable bonds is 5. The molecule has 0 saturated heterocycles. The molecule has 0 aromatic carbocycles. The molecule has 0 aromatic heterocycles. The molecule has 0 aliphatic rings. The van der Waals surface area contributed by atoms with Crippen LogP contribution in [0.5, 0.6) is 0 Å². The molecule has 1 unspecified atom stereocenters. The second-order valence-electron chi connectivity index (χ2n) is 6.55. The lowest BCUT2D eigenvalue weighted by Crippen LogP contribution is -2.47. The number of halogens is 6. The summed E-state index contributed by atoms with van der Waals surface area (Å²) in [5.41, 5.74) is 0. The molecule has 23 heavy (non-hydrogen) atoms. The smallest absolute Gasteiger partial charge is 0.409 e. The standard InChI is InChI=1S/C13H21Cl3F3NO2Si/c1-11(2,3)23(4,5)22-8-9(6-7-12(17,18)19)20-10(21)13(14,15)16/h6-7,9H,8H2,1-5H3,(H,20,21)/b7-6+. The third-order valence-corrected chi connectivity index (χ3v) is 8.54. The molecule has 0 rings (SSSR count). The van der Waals surface area contributed by atoms with Gasteiger partial charge in [-0.25, -0.2) is 0 Å². The Kier molecular flexibility index (Phi) is 7.97. The van der Waals surface area contributed by atoms with Gasteiger partial charge in [0.15, 0.2) is 8.32 Å². The van der Waals surface area contributed by atoms with E-state index in [-0.39, 0.29) is 17.7 Å². The highest BCUT2D eigenvalue weighted by Crippen LogP contribution is 2.36. The van der Waals surface area contributed by atoms with E-state index in [0.717, 1.165) is 6.08 Å². The maximum atomic E-state index is 12.3. The zero-order valence-electron chi connectivity index (χ0n) is 13.5. The maximum absolute atomic E-state index is 12.3. The van der Waals surface area contributed by atoms with Crippen molar-refractivity contribution in [3.05, 3.63) is 12.2 Å². The molecule has 1 amide bonds. The topological polar surface area (TPSA) is 38.3 Å². The summed E-state index contributed by atoms with van der Waals surface area (Å²) in [4.78, 5) is 11.7. The summed E-state index contributed by atoms with van der Waals surface area (Å²) >= 11 is 16.3. The van der Waals surface area contributed by atoms with Crippen LogP contribution < -0.4 is 5.32 Å². The predicted octanol–water partition coefficient (Wildman–Crippen LogP) is 4.98. The number of hydrogen-bond acceptors (Lipinski definition) is 2. The van der Waals surface area contributed by atoms with Gasteiger partial charge in [-0.1, -0.05) is 61.7 Å². The Morgan fingerprint density at radius 3 is 2.04 bits per heavy atom. The first-order chi connectivity index (χ1) is 9.96. The zero-order valence-corrected chi connectivity index (χ0v) is 16.8. The van der Waals surface area contributed by atoms with Crippen LogP contribution in [-0.2, 0) is 9.22 Å². The minimum atomic E-state index is -4.51. The molecule has 0 fully saturated rings. The maximum Gasteiger partial charge on any atom is 0.409 e. The van der Waals surface area contributed by atoms with Crippen molar-refractivity contribution in [2.45, 2.75) is 54.9 Å². The number of nitrogens with one attached hydrogen (secondary N) is 1. The number of allylic oxidation sites excluding steroid dienone is 1. The average Bonchev–Trinajstić information content (AvgIpc) is 2.28. The van der Waals surface area contributed by atoms with Crippen LogP contribution in [0.2, 0.25) is 18.1 Å². The molecule has 0 bridgehead atoms. The van der Waals surface area contributed by atoms with E-state index in [4.69, 9.17) is 39.2 Å². The highest BCUT2D eigenvalue weighted by atomic mass is 35.6. The third kappa shape index (κ3) is 9.19. The molecule has 1 N–H and O–H groups in total. The Morgan fingerprint density at radius 2 is 1.70 bits per heavy atom. The van der Waals surface area contributed by atoms with Gasteiger partial charge in [0.1, 0.15) is 0 Å². The summed E-state index contributed by atoms with van der Waals surface area (Å²) in [6.45, 7) is 9.69. The molecule has 0 aromatic rings. The number of alkyl halides is 6. The van der Waals surface area contributed by atoms with Gasteiger partial charge in [0.25, 0.3) is 9.70 Å². The fourth-order valence-corrected chi connectivity index (χ4v) is 2.33. The van der Waals surface area contributed by atoms with E-state index >= 15 is 0 Å². The SMILES string of the molecule is CC(C)(C)[Si](C)(C)OCC(/C=C/C(F)(F)F)NC(=O)C(Cl)(Cl)Cl. The quantitative estimate of drug-likeness (QED) is 0.391. The van der Waals surface area contributed by atoms with Gasteiger partial charge in [0, 0.05) is 6.08 Å². The molecule has 136 valence electrons. The van der Waals surface area contributed by atoms with E-state index in [9.17, 15) is 18.0 Å². The van der Waals surface area contributed by atoms with E-state index in [2.05, 4.69) is 5.32 Å². The van der Waals surface area contributed by atoms with Crippen LogP contribution in [0.3, 0.4) is 0 Å². The van der Waals surface area contributed by atoms with Crippen molar-refractivity contribution in [3.63, 3.8) is 0 Å². The van der Waals surface area contributed by atoms with Crippen LogP contribution in [0.25, 0.3) is 0 Å². The molecular weight excluding hydrogens is 394 g/mol. The summed E-state index contributed by atoms with van der Waals surface area (Å²) in [5, 5.41) is 2.09. The van der Waals surface area contributed by atoms with Gasteiger partial charge < -0.3 is 9.74 Å². The lowest BCUT2D eigenvalue weighted by Gasteiger charge is -2.37. The van der Waals surface area contributed by atoms with Crippen LogP contribution in [-0.4, -0.2) is 36.8 Å². The van der Waals surface area contributed by atoms with Crippen molar-refractivity contribution >= 4 is 49.0 Å². The first-order valence-corrected chi connectivity index (χ1v) is 10.8. The van der Waals surface area contributed by atoms with E-state index in [1.165, 1.54) is 0 Å². The van der Waals surface area contributed by atoms with Crippen LogP contribution in [0.4, 0.5) is 13.2 Å². The molecule has 0 heterocycles. The fourth-order valence-electron chi connectivity index (χ4n) is 1.14. The summed E-state index contributed by atoms with van der Waals surface area (Å²) in [7, 11) is -2.20. The van der Waals surface area contributed by atoms with E-state index in [1.54, 1.807) is 0 Å². The van der Waals surface area contributed by atoms with Crippen LogP contribution >= 0.6 is 34.8 Å². The summed E-state index contributed by atoms with van der Waals surface area (Å²) in [5.74, 6) is -1.02. The second-order valence-corrected chi connectivity index (χ2v) is 13.6. The van der Waals surface area contributed by atoms with Gasteiger partial charge in [-0.05, 0) is 18.1 Å². The van der Waals surface area contributed by atoms with Crippen molar-refractivity contribution in [3.8, 4) is 0 Å². The largest absolute Gasteiger partial charge is 0.414 e. The Balaban J connectivity index is 5.08. The normalized spacial score (nSPS) is 15.8. The van der Waals surface area contributed by atoms with Gasteiger partial charge in [-0.15, -0.1) is 0 Å². The van der Waals surface area contributed by atoms with Gasteiger partial charge in [0.05, 0.1) is 12.6 Å². The molecule has 0 aliphatic carbocycles. The van der Waals surface area contributed by atoms with Gasteiger partial charge in [0.2, 0.25) is 0 Å². The number of hydrogen-bond donors (Lipinski definition) is 1. The summed E-state index contributed by atoms with van der Waals surface area (Å²) in [6.07, 6.45) is -3.72. The van der Waals surface area contributed by atoms with Crippen molar-refractivity contribution < 1.29 is 22.4 Å². The Morgan fingerprint density at radius 1 is 1.22 bits per heavy atom. The second kappa shape index (κ2) is 7.95. The van der Waals surface area contributed by atoms with Crippen LogP contribution in [0.1, 0.15) is 20.8 Å². The monoisotopic (exact) mass is 413 g/mol. The third-order valence-electron chi connectivity index (χ3n) is 3.52. The lowest BCUT2D eigenvalue weighted by atomic mass is 10.2. The van der Waals surface area contributed by atoms with E-state index in [1.807, 2.05) is 33.9 Å². The molecule has 0 radical (unpaired) electrons. The van der Waals surface area contributed by atoms with Gasteiger partial charge in [-0.2, -0.15) is 13.2 Å². The van der Waals surface area contributed by atoms with Crippen LogP contribution in [0.15, 0.2) is 12.2 Å². The number of carbonyl (C=O) groups is 1. The first-order valence-electron chi connectivity index (χ1n) is 6.73. The van der Waals surface area contributed by atoms with E-state index in [0.29, 0.717) is 0 Å². The average molecular weight is 415 g/mol. The predicted molar refractivity (Wildman–Crippen MR) is 90.6 cm³/mol. The number of carbonyl (C=O) groups excluding carboxylic acids is 1. The fraction of sp³-hybridized carbons (Fsp3) is 0.769. The van der Waals surface area contributed by atoms with Gasteiger partial charge >= 0.3 is 6.18 Å². The summed E-state index contributed by atoms with van der Waals surface area (Å²) in [6, 6.07) is -1.06. The first kappa shape index (κ1) is 23.0. The minimum absolute atomic E-state index is 0.0192. The molecule has 3 nitrogen and oxygen atoms in total. The Bertz CT molecular complexity index is 443. The van der Waals surface area contributed by atoms with Crippen molar-refractivity contribution in [2.75, 3.05) is 6.61 Å². The molecule has 0 saturated carbocycles. The Labute approximate surface area is 150 Å². The van der Waals surface area contributed by atoms with Crippen molar-refractivity contribution in [1.82, 2.24) is 5.32 Å². The van der Waals surface area contributed by atoms with Crippen molar-refractivity contribution in [1.29, 1.82) is 0 Å². The molecule has 0 spiro atoms. The summed E-state index contributed by atoms with van der Waals surface area (Å²) < 4.78 is 40.6. The van der Waals surface area contributed by atoms with Crippen LogP contribution in [0, 0.1) is 0 Å². The lowest BCUT2D eigenvalue weighted by molar-refractivity contribution is -0.120. The molecule has 1 atom stereocenters. The van der Waals surface area contributed by atoms with Crippen molar-refractivity contribution in [2.24, 2.45) is 0 Å². The Hall–Kier alpha value is 0.0469. The van der Waals surface area contributed by atoms with E-state index < -0.39 is 30.2 Å². The van der Waals surface area contributed by atoms with Gasteiger partial charge in [-0.3, -0.25) is 4.79 Å². The molecule has 10 heteroatoms. The highest BCUT2D eigenvalue weighted by Gasteiger charge is 2.38. The highest BCUT2D eigenvalue weighted by molar-refractivity contribution is 6.76. The minimum Gasteiger partial charge on any atom is -0.414 e.